The number of amides is 1. The molecule has 6 nitrogen and oxygen atoms in total. The zero-order valence-corrected chi connectivity index (χ0v) is 15.0. The average Bonchev–Trinajstić information content (AvgIpc) is 2.59. The van der Waals surface area contributed by atoms with Crippen LogP contribution in [-0.4, -0.2) is 41.1 Å². The Morgan fingerprint density at radius 2 is 1.92 bits per heavy atom. The number of nitrogens with zero attached hydrogens (tertiary/aromatic N) is 1. The highest BCUT2D eigenvalue weighted by molar-refractivity contribution is 7.93. The van der Waals surface area contributed by atoms with Crippen LogP contribution in [0.5, 0.6) is 0 Å². The van der Waals surface area contributed by atoms with Crippen molar-refractivity contribution in [1.29, 1.82) is 0 Å². The Morgan fingerprint density at radius 1 is 1.16 bits per heavy atom. The van der Waals surface area contributed by atoms with E-state index in [-0.39, 0.29) is 17.3 Å². The fourth-order valence-electron chi connectivity index (χ4n) is 2.89. The number of sulfonamides is 1. The second kappa shape index (κ2) is 6.85. The van der Waals surface area contributed by atoms with E-state index < -0.39 is 10.0 Å². The van der Waals surface area contributed by atoms with Gasteiger partial charge in [0.2, 0.25) is 5.91 Å². The van der Waals surface area contributed by atoms with Crippen molar-refractivity contribution in [2.24, 2.45) is 0 Å². The number of anilines is 1. The van der Waals surface area contributed by atoms with Crippen molar-refractivity contribution in [1.82, 2.24) is 5.32 Å². The fourth-order valence-corrected chi connectivity index (χ4v) is 4.54. The summed E-state index contributed by atoms with van der Waals surface area (Å²) in [7, 11) is -2.26. The van der Waals surface area contributed by atoms with Crippen molar-refractivity contribution >= 4 is 21.6 Å². The normalized spacial score (nSPS) is 14.6. The van der Waals surface area contributed by atoms with E-state index in [9.17, 15) is 13.2 Å². The number of carbonyl (C=O) groups excluding carboxylic acids is 1. The lowest BCUT2D eigenvalue weighted by Crippen LogP contribution is -2.43. The molecule has 0 radical (unpaired) electrons. The SMILES string of the molecule is COCCNC(=O)CN1c2ccc(C)cc2-c2ccccc2S1(=O)=O. The van der Waals surface area contributed by atoms with Crippen LogP contribution in [0.4, 0.5) is 5.69 Å². The molecule has 0 fully saturated rings. The smallest absolute Gasteiger partial charge is 0.265 e. The lowest BCUT2D eigenvalue weighted by molar-refractivity contribution is -0.119. The van der Waals surface area contributed by atoms with Gasteiger partial charge in [0.15, 0.2) is 0 Å². The number of hydrogen-bond acceptors (Lipinski definition) is 4. The van der Waals surface area contributed by atoms with Gasteiger partial charge in [-0.1, -0.05) is 29.8 Å². The van der Waals surface area contributed by atoms with E-state index in [1.807, 2.05) is 25.1 Å². The van der Waals surface area contributed by atoms with Gasteiger partial charge in [0.25, 0.3) is 10.0 Å². The van der Waals surface area contributed by atoms with Gasteiger partial charge in [-0.15, -0.1) is 0 Å². The molecular formula is C18H20N2O4S. The van der Waals surface area contributed by atoms with Crippen LogP contribution in [-0.2, 0) is 19.6 Å². The Hall–Kier alpha value is -2.38. The van der Waals surface area contributed by atoms with E-state index in [2.05, 4.69) is 5.32 Å². The Bertz CT molecular complexity index is 909. The molecule has 1 amide bonds. The maximum absolute atomic E-state index is 13.0. The van der Waals surface area contributed by atoms with Gasteiger partial charge in [-0.2, -0.15) is 0 Å². The maximum atomic E-state index is 13.0. The number of ether oxygens (including phenoxy) is 1. The summed E-state index contributed by atoms with van der Waals surface area (Å²) in [6.07, 6.45) is 0. The zero-order chi connectivity index (χ0) is 18.0. The van der Waals surface area contributed by atoms with Gasteiger partial charge < -0.3 is 10.1 Å². The second-order valence-electron chi connectivity index (χ2n) is 5.87. The molecule has 3 rings (SSSR count). The third-order valence-corrected chi connectivity index (χ3v) is 5.90. The fraction of sp³-hybridized carbons (Fsp3) is 0.278. The molecule has 25 heavy (non-hydrogen) atoms. The van der Waals surface area contributed by atoms with Crippen molar-refractivity contribution in [2.75, 3.05) is 31.1 Å². The molecule has 1 heterocycles. The summed E-state index contributed by atoms with van der Waals surface area (Å²) in [6, 6.07) is 12.4. The second-order valence-corrected chi connectivity index (χ2v) is 7.70. The third kappa shape index (κ3) is 3.25. The highest BCUT2D eigenvalue weighted by atomic mass is 32.2. The summed E-state index contributed by atoms with van der Waals surface area (Å²) >= 11 is 0. The van der Waals surface area contributed by atoms with Gasteiger partial charge in [0.1, 0.15) is 6.54 Å². The quantitative estimate of drug-likeness (QED) is 0.827. The lowest BCUT2D eigenvalue weighted by atomic mass is 10.0. The van der Waals surface area contributed by atoms with Gasteiger partial charge >= 0.3 is 0 Å². The zero-order valence-electron chi connectivity index (χ0n) is 14.2. The summed E-state index contributed by atoms with van der Waals surface area (Å²) < 4.78 is 32.1. The van der Waals surface area contributed by atoms with Crippen LogP contribution >= 0.6 is 0 Å². The van der Waals surface area contributed by atoms with Gasteiger partial charge in [0.05, 0.1) is 17.2 Å². The lowest BCUT2D eigenvalue weighted by Gasteiger charge is -2.31. The highest BCUT2D eigenvalue weighted by Crippen LogP contribution is 2.43. The molecule has 0 saturated carbocycles. The molecule has 0 atom stereocenters. The third-order valence-electron chi connectivity index (χ3n) is 4.08. The van der Waals surface area contributed by atoms with E-state index in [0.717, 1.165) is 11.1 Å². The first-order valence-corrected chi connectivity index (χ1v) is 9.37. The highest BCUT2D eigenvalue weighted by Gasteiger charge is 2.35. The number of fused-ring (bicyclic) bond motifs is 3. The molecule has 0 aromatic heterocycles. The molecule has 1 N–H and O–H groups in total. The first-order chi connectivity index (χ1) is 11.9. The van der Waals surface area contributed by atoms with Crippen LogP contribution in [0.15, 0.2) is 47.4 Å². The van der Waals surface area contributed by atoms with E-state index >= 15 is 0 Å². The Morgan fingerprint density at radius 3 is 2.68 bits per heavy atom. The maximum Gasteiger partial charge on any atom is 0.265 e. The minimum Gasteiger partial charge on any atom is -0.383 e. The van der Waals surface area contributed by atoms with Crippen LogP contribution in [0.3, 0.4) is 0 Å². The molecule has 0 saturated heterocycles. The molecule has 7 heteroatoms. The summed E-state index contributed by atoms with van der Waals surface area (Å²) in [6.45, 7) is 2.39. The largest absolute Gasteiger partial charge is 0.383 e. The van der Waals surface area contributed by atoms with Crippen molar-refractivity contribution in [3.63, 3.8) is 0 Å². The number of methoxy groups -OCH3 is 1. The molecular weight excluding hydrogens is 340 g/mol. The summed E-state index contributed by atoms with van der Waals surface area (Å²) in [4.78, 5) is 12.4. The summed E-state index contributed by atoms with van der Waals surface area (Å²) in [5, 5.41) is 2.66. The molecule has 132 valence electrons. The van der Waals surface area contributed by atoms with Crippen LogP contribution < -0.4 is 9.62 Å². The Balaban J connectivity index is 2.03. The van der Waals surface area contributed by atoms with Crippen molar-refractivity contribution < 1.29 is 17.9 Å². The number of rotatable bonds is 5. The molecule has 0 bridgehead atoms. The van der Waals surface area contributed by atoms with Crippen molar-refractivity contribution in [3.05, 3.63) is 48.0 Å². The summed E-state index contributed by atoms with van der Waals surface area (Å²) in [5.41, 5.74) is 3.02. The van der Waals surface area contributed by atoms with Crippen molar-refractivity contribution in [3.8, 4) is 11.1 Å². The van der Waals surface area contributed by atoms with Gasteiger partial charge in [-0.05, 0) is 25.1 Å². The predicted octanol–water partition coefficient (Wildman–Crippen LogP) is 1.93. The topological polar surface area (TPSA) is 75.7 Å². The molecule has 2 aromatic rings. The molecule has 2 aromatic carbocycles. The van der Waals surface area contributed by atoms with Crippen LogP contribution in [0.1, 0.15) is 5.56 Å². The van der Waals surface area contributed by atoms with E-state index in [1.165, 1.54) is 11.4 Å². The van der Waals surface area contributed by atoms with Gasteiger partial charge in [0, 0.05) is 24.8 Å². The first-order valence-electron chi connectivity index (χ1n) is 7.93. The van der Waals surface area contributed by atoms with Crippen LogP contribution in [0.2, 0.25) is 0 Å². The first kappa shape index (κ1) is 17.4. The van der Waals surface area contributed by atoms with Gasteiger partial charge in [-0.25, -0.2) is 8.42 Å². The standard InChI is InChI=1S/C18H20N2O4S/c1-13-7-8-16-15(11-13)14-5-3-4-6-17(14)25(22,23)20(16)12-18(21)19-9-10-24-2/h3-8,11H,9-10,12H2,1-2H3,(H,19,21). The molecule has 0 spiro atoms. The number of hydrogen-bond donors (Lipinski definition) is 1. The molecule has 1 aliphatic heterocycles. The number of nitrogens with one attached hydrogen (secondary N) is 1. The summed E-state index contributed by atoms with van der Waals surface area (Å²) in [5.74, 6) is -0.369. The molecule has 0 aliphatic carbocycles. The Labute approximate surface area is 147 Å². The Kier molecular flexibility index (Phi) is 4.78. The van der Waals surface area contributed by atoms with E-state index in [0.29, 0.717) is 24.4 Å². The monoisotopic (exact) mass is 360 g/mol. The predicted molar refractivity (Wildman–Crippen MR) is 96.0 cm³/mol. The average molecular weight is 360 g/mol. The number of carbonyl (C=O) groups is 1. The minimum atomic E-state index is -3.79. The number of aryl methyl sites for hydroxylation is 1. The number of benzene rings is 2. The van der Waals surface area contributed by atoms with E-state index in [1.54, 1.807) is 24.3 Å². The van der Waals surface area contributed by atoms with Crippen LogP contribution in [0, 0.1) is 6.92 Å². The van der Waals surface area contributed by atoms with Crippen molar-refractivity contribution in [2.45, 2.75) is 11.8 Å². The van der Waals surface area contributed by atoms with Crippen LogP contribution in [0.25, 0.3) is 11.1 Å². The van der Waals surface area contributed by atoms with Gasteiger partial charge in [-0.3, -0.25) is 9.10 Å². The minimum absolute atomic E-state index is 0.220. The molecule has 1 aliphatic rings. The van der Waals surface area contributed by atoms with E-state index in [4.69, 9.17) is 4.74 Å². The molecule has 0 unspecified atom stereocenters.